The highest BCUT2D eigenvalue weighted by Crippen LogP contribution is 2.37. The fourth-order valence-corrected chi connectivity index (χ4v) is 6.72. The van der Waals surface area contributed by atoms with Gasteiger partial charge in [-0.2, -0.15) is 0 Å². The third-order valence-corrected chi connectivity index (χ3v) is 9.13. The molecule has 4 N–H and O–H groups in total. The smallest absolute Gasteiger partial charge is 0.112 e. The van der Waals surface area contributed by atoms with Crippen LogP contribution in [0.1, 0.15) is 91.5 Å². The van der Waals surface area contributed by atoms with E-state index in [-0.39, 0.29) is 5.41 Å². The maximum Gasteiger partial charge on any atom is 0.112 e. The third-order valence-electron chi connectivity index (χ3n) is 7.61. The van der Waals surface area contributed by atoms with Gasteiger partial charge in [-0.3, -0.25) is 4.99 Å². The Kier molecular flexibility index (Phi) is 12.5. The van der Waals surface area contributed by atoms with Crippen LogP contribution in [0.3, 0.4) is 0 Å². The number of unbranched alkanes of at least 4 members (excludes halogenated alkanes) is 1. The maximum absolute atomic E-state index is 7.16. The summed E-state index contributed by atoms with van der Waals surface area (Å²) >= 11 is 0. The normalized spacial score (nSPS) is 17.9. The van der Waals surface area contributed by atoms with Crippen molar-refractivity contribution in [2.24, 2.45) is 22.1 Å². The molecule has 0 aliphatic heterocycles. The van der Waals surface area contributed by atoms with Crippen molar-refractivity contribution >= 4 is 34.8 Å². The quantitative estimate of drug-likeness (QED) is 0.121. The predicted octanol–water partition coefficient (Wildman–Crippen LogP) is 8.22. The molecule has 1 aromatic rings. The summed E-state index contributed by atoms with van der Waals surface area (Å²) in [6.45, 7) is 20.3. The fraction of sp³-hybridized carbons (Fsp3) is 0.618. The Morgan fingerprint density at radius 2 is 1.62 bits per heavy atom. The van der Waals surface area contributed by atoms with E-state index < -0.39 is 15.5 Å². The third kappa shape index (κ3) is 11.1. The van der Waals surface area contributed by atoms with E-state index in [1.54, 1.807) is 0 Å². The highest BCUT2D eigenvalue weighted by molar-refractivity contribution is 8.32. The number of nitrogens with one attached hydrogen (secondary N) is 2. The number of benzene rings is 1. The van der Waals surface area contributed by atoms with Crippen LogP contribution in [0.5, 0.6) is 0 Å². The van der Waals surface area contributed by atoms with Crippen molar-refractivity contribution in [1.82, 2.24) is 5.32 Å². The van der Waals surface area contributed by atoms with Gasteiger partial charge in [-0.15, -0.1) is 0 Å². The first kappa shape index (κ1) is 34.1. The second-order valence-electron chi connectivity index (χ2n) is 13.9. The van der Waals surface area contributed by atoms with Crippen molar-refractivity contribution < 1.29 is 0 Å². The van der Waals surface area contributed by atoms with E-state index in [2.05, 4.69) is 94.5 Å². The lowest BCUT2D eigenvalue weighted by Crippen LogP contribution is -2.55. The minimum absolute atomic E-state index is 0.128. The van der Waals surface area contributed by atoms with Gasteiger partial charge in [-0.25, -0.2) is 10.0 Å². The van der Waals surface area contributed by atoms with Crippen LogP contribution in [0.15, 0.2) is 59.5 Å². The van der Waals surface area contributed by atoms with Gasteiger partial charge in [0.25, 0.3) is 0 Å². The lowest BCUT2D eigenvalue weighted by molar-refractivity contribution is 0.268. The van der Waals surface area contributed by atoms with Crippen molar-refractivity contribution in [2.75, 3.05) is 36.4 Å². The molecule has 0 spiro atoms. The van der Waals surface area contributed by atoms with Gasteiger partial charge in [0.2, 0.25) is 0 Å². The number of rotatable bonds is 14. The molecule has 0 heterocycles. The Morgan fingerprint density at radius 3 is 2.15 bits per heavy atom. The first-order chi connectivity index (χ1) is 18.5. The second-order valence-corrected chi connectivity index (χ2v) is 18.5. The zero-order chi connectivity index (χ0) is 30.1. The first-order valence-electron chi connectivity index (χ1n) is 15.0. The summed E-state index contributed by atoms with van der Waals surface area (Å²) in [6, 6.07) is 8.37. The summed E-state index contributed by atoms with van der Waals surface area (Å²) in [6.07, 6.45) is 16.2. The Morgan fingerprint density at radius 1 is 1.02 bits per heavy atom. The van der Waals surface area contributed by atoms with E-state index >= 15 is 0 Å². The molecule has 40 heavy (non-hydrogen) atoms. The highest BCUT2D eigenvalue weighted by atomic mass is 32.3. The van der Waals surface area contributed by atoms with Crippen LogP contribution in [0.25, 0.3) is 5.57 Å². The van der Waals surface area contributed by atoms with Gasteiger partial charge in [-0.1, -0.05) is 65.3 Å². The number of hydrogen-bond donors (Lipinski definition) is 3. The lowest BCUT2D eigenvalue weighted by Gasteiger charge is -2.45. The van der Waals surface area contributed by atoms with Gasteiger partial charge in [0.1, 0.15) is 7.85 Å². The number of nitrogens with two attached hydrogens (primary N) is 1. The van der Waals surface area contributed by atoms with Crippen LogP contribution in [0.4, 0.5) is 5.69 Å². The van der Waals surface area contributed by atoms with E-state index in [0.29, 0.717) is 5.92 Å². The number of hydrogen-bond acceptors (Lipinski definition) is 4. The van der Waals surface area contributed by atoms with Gasteiger partial charge < -0.3 is 16.4 Å². The van der Waals surface area contributed by atoms with Crippen LogP contribution < -0.4 is 16.4 Å². The average molecular weight is 565 g/mol. The molecular weight excluding hydrogens is 507 g/mol. The summed E-state index contributed by atoms with van der Waals surface area (Å²) in [4.78, 5) is 4.87. The van der Waals surface area contributed by atoms with Crippen LogP contribution in [-0.2, 0) is 0 Å². The van der Waals surface area contributed by atoms with Gasteiger partial charge in [0.05, 0.1) is 0 Å². The first-order valence-corrected chi connectivity index (χ1v) is 18.0. The molecule has 4 nitrogen and oxygen atoms in total. The molecule has 1 saturated carbocycles. The molecule has 0 bridgehead atoms. The molecule has 1 atom stereocenters. The summed E-state index contributed by atoms with van der Waals surface area (Å²) in [5.41, 5.74) is 12.3. The number of allylic oxidation sites excluding steroid dienone is 3. The molecule has 2 radical (unpaired) electrons. The van der Waals surface area contributed by atoms with Gasteiger partial charge in [0, 0.05) is 46.0 Å². The van der Waals surface area contributed by atoms with Gasteiger partial charge in [-0.05, 0) is 99.5 Å². The van der Waals surface area contributed by atoms with Crippen LogP contribution >= 0.6 is 10.0 Å². The Labute approximate surface area is 249 Å². The highest BCUT2D eigenvalue weighted by Gasteiger charge is 2.37. The van der Waals surface area contributed by atoms with Gasteiger partial charge in [0.15, 0.2) is 0 Å². The molecule has 1 aliphatic rings. The SMILES string of the molecule is [B]C(NC(=C)CC(C)(C)C)(C(=C)Nc1ccc(/C(C(C)=NCCCCS(C)(C)C)=C(\C)N)cc1)C1CCCCC1. The van der Waals surface area contributed by atoms with Crippen LogP contribution in [-0.4, -0.2) is 50.1 Å². The Bertz CT molecular complexity index is 1050. The van der Waals surface area contributed by atoms with Crippen molar-refractivity contribution in [1.29, 1.82) is 0 Å². The van der Waals surface area contributed by atoms with Crippen molar-refractivity contribution in [2.45, 2.75) is 91.4 Å². The van der Waals surface area contributed by atoms with E-state index in [1.165, 1.54) is 31.4 Å². The number of anilines is 1. The molecule has 2 rings (SSSR count). The number of aliphatic imine (C=N–C) groups is 1. The summed E-state index contributed by atoms with van der Waals surface area (Å²) in [5, 5.41) is 7.15. The van der Waals surface area contributed by atoms with Crippen molar-refractivity contribution in [3.05, 3.63) is 60.1 Å². The predicted molar refractivity (Wildman–Crippen MR) is 185 cm³/mol. The minimum Gasteiger partial charge on any atom is -0.402 e. The molecule has 1 aromatic carbocycles. The molecule has 0 amide bonds. The summed E-state index contributed by atoms with van der Waals surface area (Å²) in [5.74, 6) is 1.60. The van der Waals surface area contributed by atoms with Crippen LogP contribution in [0.2, 0.25) is 0 Å². The molecular formula is C34H57BN4S. The van der Waals surface area contributed by atoms with Crippen molar-refractivity contribution in [3.8, 4) is 0 Å². The Hall–Kier alpha value is -2.08. The summed E-state index contributed by atoms with van der Waals surface area (Å²) in [7, 11) is 6.71. The molecule has 0 aromatic heterocycles. The standard InChI is InChI=1S/C34H57BN4S/c1-25(24-33(5,6)7)39-34(35,30-16-12-11-13-17-30)28(4)38-31-20-18-29(19-21-31)32(26(2)36)27(3)37-22-14-15-23-40(8,9)10/h18-21,30,38-39H,1,4,11-17,22-24,36H2,2-3,5-10H3/b32-26+,37-27?. The van der Waals surface area contributed by atoms with Gasteiger partial charge >= 0.3 is 0 Å². The van der Waals surface area contributed by atoms with Crippen LogP contribution in [0, 0.1) is 11.3 Å². The molecule has 1 aliphatic carbocycles. The van der Waals surface area contributed by atoms with E-state index in [9.17, 15) is 0 Å². The second kappa shape index (κ2) is 14.7. The maximum atomic E-state index is 7.16. The Balaban J connectivity index is 2.16. The molecule has 1 fully saturated rings. The van der Waals surface area contributed by atoms with Crippen molar-refractivity contribution in [3.63, 3.8) is 0 Å². The fourth-order valence-electron chi connectivity index (χ4n) is 5.65. The average Bonchev–Trinajstić information content (AvgIpc) is 2.83. The molecule has 1 unspecified atom stereocenters. The molecule has 6 heteroatoms. The largest absolute Gasteiger partial charge is 0.402 e. The number of nitrogens with zero attached hydrogens (tertiary/aromatic N) is 1. The van der Waals surface area contributed by atoms with E-state index in [0.717, 1.165) is 71.9 Å². The van der Waals surface area contributed by atoms with E-state index in [1.807, 2.05) is 6.92 Å². The van der Waals surface area contributed by atoms with E-state index in [4.69, 9.17) is 18.6 Å². The summed E-state index contributed by atoms with van der Waals surface area (Å²) < 4.78 is 0. The molecule has 0 saturated heterocycles. The zero-order valence-electron chi connectivity index (χ0n) is 26.9. The zero-order valence-corrected chi connectivity index (χ0v) is 27.7. The topological polar surface area (TPSA) is 62.4 Å². The monoisotopic (exact) mass is 564 g/mol. The molecule has 222 valence electrons. The lowest BCUT2D eigenvalue weighted by atomic mass is 9.61. The minimum atomic E-state index is -0.766.